The minimum absolute atomic E-state index is 0.121. The van der Waals surface area contributed by atoms with E-state index in [-0.39, 0.29) is 5.91 Å². The number of sulfonamides is 1. The molecule has 0 aromatic heterocycles. The summed E-state index contributed by atoms with van der Waals surface area (Å²) >= 11 is 0. The molecule has 0 aliphatic carbocycles. The van der Waals surface area contributed by atoms with Gasteiger partial charge >= 0.3 is 0 Å². The quantitative estimate of drug-likeness (QED) is 0.815. The van der Waals surface area contributed by atoms with Gasteiger partial charge < -0.3 is 5.32 Å². The maximum absolute atomic E-state index is 12.8. The van der Waals surface area contributed by atoms with Gasteiger partial charge in [0.25, 0.3) is 5.91 Å². The Morgan fingerprint density at radius 3 is 2.21 bits per heavy atom. The molecule has 1 fully saturated rings. The number of nitrogens with one attached hydrogen (secondary N) is 1. The highest BCUT2D eigenvalue weighted by molar-refractivity contribution is 7.88. The van der Waals surface area contributed by atoms with Crippen LogP contribution in [0.25, 0.3) is 0 Å². The van der Waals surface area contributed by atoms with Gasteiger partial charge in [0.1, 0.15) is 0 Å². The summed E-state index contributed by atoms with van der Waals surface area (Å²) < 4.78 is 24.8. The molecule has 7 heteroatoms. The number of hydrogen-bond donors (Lipinski definition) is 1. The molecule has 29 heavy (non-hydrogen) atoms. The topological polar surface area (TPSA) is 69.7 Å². The van der Waals surface area contributed by atoms with Crippen molar-refractivity contribution < 1.29 is 13.2 Å². The maximum Gasteiger partial charge on any atom is 0.255 e. The highest BCUT2D eigenvalue weighted by atomic mass is 32.2. The number of amides is 1. The van der Waals surface area contributed by atoms with Gasteiger partial charge in [0.15, 0.2) is 0 Å². The van der Waals surface area contributed by atoms with Crippen molar-refractivity contribution in [2.24, 2.45) is 0 Å². The van der Waals surface area contributed by atoms with E-state index >= 15 is 0 Å². The molecule has 0 saturated carbocycles. The van der Waals surface area contributed by atoms with Crippen molar-refractivity contribution in [3.8, 4) is 0 Å². The molecule has 3 rings (SSSR count). The van der Waals surface area contributed by atoms with Gasteiger partial charge in [-0.2, -0.15) is 4.31 Å². The number of anilines is 1. The normalized spacial score (nSPS) is 16.0. The molecule has 0 spiro atoms. The molecule has 6 nitrogen and oxygen atoms in total. The lowest BCUT2D eigenvalue weighted by Gasteiger charge is -2.33. The van der Waals surface area contributed by atoms with Gasteiger partial charge in [-0.25, -0.2) is 8.42 Å². The van der Waals surface area contributed by atoms with Crippen molar-refractivity contribution >= 4 is 21.6 Å². The fourth-order valence-corrected chi connectivity index (χ4v) is 4.68. The van der Waals surface area contributed by atoms with E-state index < -0.39 is 10.0 Å². The second kappa shape index (κ2) is 8.65. The average molecular weight is 416 g/mol. The SMILES string of the molecule is Cc1cc(C)c(NC(=O)c2cccc(CN3CCN(S(C)(=O)=O)CC3)c2)c(C)c1. The Hall–Kier alpha value is -2.22. The number of rotatable bonds is 5. The van der Waals surface area contributed by atoms with Crippen LogP contribution in [-0.2, 0) is 16.6 Å². The smallest absolute Gasteiger partial charge is 0.255 e. The van der Waals surface area contributed by atoms with Gasteiger partial charge in [0, 0.05) is 44.0 Å². The monoisotopic (exact) mass is 415 g/mol. The Labute approximate surface area is 173 Å². The second-order valence-electron chi connectivity index (χ2n) is 7.87. The number of nitrogens with zero attached hydrogens (tertiary/aromatic N) is 2. The predicted octanol–water partition coefficient (Wildman–Crippen LogP) is 2.94. The number of piperazine rings is 1. The minimum Gasteiger partial charge on any atom is -0.322 e. The van der Waals surface area contributed by atoms with E-state index in [0.717, 1.165) is 22.4 Å². The standard InChI is InChI=1S/C22H29N3O3S/c1-16-12-17(2)21(18(3)13-16)23-22(26)20-7-5-6-19(14-20)15-24-8-10-25(11-9-24)29(4,27)28/h5-7,12-14H,8-11,15H2,1-4H3,(H,23,26). The van der Waals surface area contributed by atoms with E-state index in [2.05, 4.69) is 22.3 Å². The molecule has 1 N–H and O–H groups in total. The molecular weight excluding hydrogens is 386 g/mol. The van der Waals surface area contributed by atoms with E-state index in [1.807, 2.05) is 45.0 Å². The summed E-state index contributed by atoms with van der Waals surface area (Å²) in [6, 6.07) is 11.8. The van der Waals surface area contributed by atoms with Crippen LogP contribution in [0.4, 0.5) is 5.69 Å². The summed E-state index contributed by atoms with van der Waals surface area (Å²) in [5, 5.41) is 3.05. The minimum atomic E-state index is -3.13. The summed E-state index contributed by atoms with van der Waals surface area (Å²) in [5.41, 5.74) is 5.81. The molecular formula is C22H29N3O3S. The van der Waals surface area contributed by atoms with Crippen LogP contribution in [0, 0.1) is 20.8 Å². The first kappa shape index (κ1) is 21.5. The summed E-state index contributed by atoms with van der Waals surface area (Å²) in [5.74, 6) is -0.121. The van der Waals surface area contributed by atoms with Crippen LogP contribution >= 0.6 is 0 Å². The zero-order chi connectivity index (χ0) is 21.2. The second-order valence-corrected chi connectivity index (χ2v) is 9.85. The van der Waals surface area contributed by atoms with Crippen LogP contribution in [0.15, 0.2) is 36.4 Å². The van der Waals surface area contributed by atoms with E-state index in [9.17, 15) is 13.2 Å². The number of carbonyl (C=O) groups excluding carboxylic acids is 1. The number of aryl methyl sites for hydroxylation is 3. The fraction of sp³-hybridized carbons (Fsp3) is 0.409. The molecule has 0 unspecified atom stereocenters. The van der Waals surface area contributed by atoms with Gasteiger partial charge in [-0.15, -0.1) is 0 Å². The number of benzene rings is 2. The van der Waals surface area contributed by atoms with Crippen LogP contribution in [0.1, 0.15) is 32.6 Å². The average Bonchev–Trinajstić information content (AvgIpc) is 2.64. The first-order chi connectivity index (χ1) is 13.6. The van der Waals surface area contributed by atoms with Crippen molar-refractivity contribution in [1.82, 2.24) is 9.21 Å². The maximum atomic E-state index is 12.8. The first-order valence-corrected chi connectivity index (χ1v) is 11.6. The Balaban J connectivity index is 1.66. The van der Waals surface area contributed by atoms with Crippen LogP contribution < -0.4 is 5.32 Å². The molecule has 1 aliphatic heterocycles. The molecule has 0 atom stereocenters. The molecule has 156 valence electrons. The zero-order valence-corrected chi connectivity index (χ0v) is 18.3. The number of carbonyl (C=O) groups is 1. The van der Waals surface area contributed by atoms with Crippen molar-refractivity contribution in [3.05, 3.63) is 64.2 Å². The first-order valence-electron chi connectivity index (χ1n) is 9.79. The Kier molecular flexibility index (Phi) is 6.41. The lowest BCUT2D eigenvalue weighted by molar-refractivity contribution is 0.102. The van der Waals surface area contributed by atoms with Gasteiger partial charge in [-0.3, -0.25) is 9.69 Å². The molecule has 1 saturated heterocycles. The lowest BCUT2D eigenvalue weighted by atomic mass is 10.0. The van der Waals surface area contributed by atoms with Crippen molar-refractivity contribution in [3.63, 3.8) is 0 Å². The van der Waals surface area contributed by atoms with Gasteiger partial charge in [0.05, 0.1) is 6.26 Å². The third-order valence-electron chi connectivity index (χ3n) is 5.31. The van der Waals surface area contributed by atoms with Crippen molar-refractivity contribution in [2.45, 2.75) is 27.3 Å². The molecule has 2 aromatic rings. The fourth-order valence-electron chi connectivity index (χ4n) is 3.85. The van der Waals surface area contributed by atoms with Crippen molar-refractivity contribution in [1.29, 1.82) is 0 Å². The molecule has 2 aromatic carbocycles. The summed E-state index contributed by atoms with van der Waals surface area (Å²) in [4.78, 5) is 15.0. The van der Waals surface area contributed by atoms with E-state index in [4.69, 9.17) is 0 Å². The highest BCUT2D eigenvalue weighted by Gasteiger charge is 2.23. The van der Waals surface area contributed by atoms with Gasteiger partial charge in [0.2, 0.25) is 10.0 Å². The Morgan fingerprint density at radius 1 is 1.00 bits per heavy atom. The largest absolute Gasteiger partial charge is 0.322 e. The molecule has 1 amide bonds. The highest BCUT2D eigenvalue weighted by Crippen LogP contribution is 2.23. The summed E-state index contributed by atoms with van der Waals surface area (Å²) in [6.45, 7) is 9.13. The third kappa shape index (κ3) is 5.44. The third-order valence-corrected chi connectivity index (χ3v) is 6.61. The molecule has 0 radical (unpaired) electrons. The van der Waals surface area contributed by atoms with E-state index in [0.29, 0.717) is 38.3 Å². The van der Waals surface area contributed by atoms with Crippen LogP contribution in [-0.4, -0.2) is 56.0 Å². The van der Waals surface area contributed by atoms with E-state index in [1.54, 1.807) is 0 Å². The van der Waals surface area contributed by atoms with E-state index in [1.165, 1.54) is 16.1 Å². The lowest BCUT2D eigenvalue weighted by Crippen LogP contribution is -2.47. The van der Waals surface area contributed by atoms with Crippen LogP contribution in [0.3, 0.4) is 0 Å². The van der Waals surface area contributed by atoms with Gasteiger partial charge in [-0.05, 0) is 49.6 Å². The predicted molar refractivity (Wildman–Crippen MR) is 117 cm³/mol. The summed E-state index contributed by atoms with van der Waals surface area (Å²) in [6.07, 6.45) is 1.25. The zero-order valence-electron chi connectivity index (χ0n) is 17.5. The summed E-state index contributed by atoms with van der Waals surface area (Å²) in [7, 11) is -3.13. The van der Waals surface area contributed by atoms with Gasteiger partial charge in [-0.1, -0.05) is 29.8 Å². The van der Waals surface area contributed by atoms with Crippen molar-refractivity contribution in [2.75, 3.05) is 37.8 Å². The van der Waals surface area contributed by atoms with Crippen LogP contribution in [0.2, 0.25) is 0 Å². The Bertz CT molecular complexity index is 987. The molecule has 0 bridgehead atoms. The molecule has 1 heterocycles. The number of hydrogen-bond acceptors (Lipinski definition) is 4. The Morgan fingerprint density at radius 2 is 1.62 bits per heavy atom. The molecule has 1 aliphatic rings. The van der Waals surface area contributed by atoms with Crippen LogP contribution in [0.5, 0.6) is 0 Å².